The fraction of sp³-hybridized carbons (Fsp3) is 1.00. The van der Waals surface area contributed by atoms with Crippen molar-refractivity contribution in [1.29, 1.82) is 0 Å². The van der Waals surface area contributed by atoms with Crippen LogP contribution < -0.4 is 10.6 Å². The van der Waals surface area contributed by atoms with Gasteiger partial charge in [-0.15, -0.1) is 0 Å². The van der Waals surface area contributed by atoms with Crippen LogP contribution in [0.1, 0.15) is 13.3 Å². The van der Waals surface area contributed by atoms with E-state index in [-0.39, 0.29) is 0 Å². The van der Waals surface area contributed by atoms with Gasteiger partial charge in [0.2, 0.25) is 0 Å². The minimum absolute atomic E-state index is 0.751. The van der Waals surface area contributed by atoms with Gasteiger partial charge in [-0.2, -0.15) is 0 Å². The van der Waals surface area contributed by atoms with Gasteiger partial charge in [0, 0.05) is 6.04 Å². The molecule has 0 aromatic carbocycles. The van der Waals surface area contributed by atoms with Crippen molar-refractivity contribution in [3.63, 3.8) is 0 Å². The normalized spacial score (nSPS) is 47.1. The Balaban J connectivity index is 1.96. The highest BCUT2D eigenvalue weighted by atomic mass is 15.0. The Bertz CT molecular complexity index is 124. The molecule has 2 saturated heterocycles. The second-order valence-corrected chi connectivity index (χ2v) is 3.72. The van der Waals surface area contributed by atoms with Gasteiger partial charge in [-0.05, 0) is 44.8 Å². The quantitative estimate of drug-likeness (QED) is 0.502. The van der Waals surface area contributed by atoms with Crippen molar-refractivity contribution < 1.29 is 0 Å². The van der Waals surface area contributed by atoms with Crippen molar-refractivity contribution in [2.75, 3.05) is 19.6 Å². The molecular weight excluding hydrogens is 124 g/mol. The van der Waals surface area contributed by atoms with Crippen LogP contribution in [-0.4, -0.2) is 25.7 Å². The molecule has 0 aromatic rings. The standard InChI is InChI=1S/C8H16N2/c1-6-2-7-3-9-4-8(7)5-10-6/h6-10H,2-5H2,1H3. The highest BCUT2D eigenvalue weighted by Gasteiger charge is 2.31. The molecule has 0 spiro atoms. The Morgan fingerprint density at radius 2 is 1.90 bits per heavy atom. The first-order valence-corrected chi connectivity index (χ1v) is 4.30. The molecule has 0 aliphatic carbocycles. The molecular formula is C8H16N2. The van der Waals surface area contributed by atoms with E-state index in [0.717, 1.165) is 17.9 Å². The number of piperidine rings is 1. The molecule has 2 N–H and O–H groups in total. The first-order valence-electron chi connectivity index (χ1n) is 4.30. The molecule has 10 heavy (non-hydrogen) atoms. The van der Waals surface area contributed by atoms with Gasteiger partial charge >= 0.3 is 0 Å². The first kappa shape index (κ1) is 6.62. The number of fused-ring (bicyclic) bond motifs is 1. The van der Waals surface area contributed by atoms with Crippen LogP contribution in [0.4, 0.5) is 0 Å². The second kappa shape index (κ2) is 2.51. The van der Waals surface area contributed by atoms with E-state index in [1.165, 1.54) is 26.1 Å². The summed E-state index contributed by atoms with van der Waals surface area (Å²) >= 11 is 0. The fourth-order valence-corrected chi connectivity index (χ4v) is 2.19. The van der Waals surface area contributed by atoms with Crippen LogP contribution in [0.3, 0.4) is 0 Å². The monoisotopic (exact) mass is 140 g/mol. The van der Waals surface area contributed by atoms with Gasteiger partial charge in [0.25, 0.3) is 0 Å². The third kappa shape index (κ3) is 1.06. The lowest BCUT2D eigenvalue weighted by Gasteiger charge is -2.29. The van der Waals surface area contributed by atoms with Crippen LogP contribution in [0.5, 0.6) is 0 Å². The topological polar surface area (TPSA) is 24.1 Å². The summed E-state index contributed by atoms with van der Waals surface area (Å²) in [6.45, 7) is 6.02. The van der Waals surface area contributed by atoms with E-state index in [0.29, 0.717) is 0 Å². The smallest absolute Gasteiger partial charge is 0.00420 e. The van der Waals surface area contributed by atoms with Crippen LogP contribution in [0.2, 0.25) is 0 Å². The molecule has 3 unspecified atom stereocenters. The molecule has 3 atom stereocenters. The largest absolute Gasteiger partial charge is 0.316 e. The van der Waals surface area contributed by atoms with Gasteiger partial charge in [0.05, 0.1) is 0 Å². The maximum absolute atomic E-state index is 3.51. The first-order chi connectivity index (χ1) is 4.86. The molecule has 2 heteroatoms. The lowest BCUT2D eigenvalue weighted by Crippen LogP contribution is -2.41. The lowest BCUT2D eigenvalue weighted by molar-refractivity contribution is 0.269. The third-order valence-corrected chi connectivity index (χ3v) is 2.86. The SMILES string of the molecule is CC1CC2CNCC2CN1. The molecule has 2 fully saturated rings. The van der Waals surface area contributed by atoms with Crippen molar-refractivity contribution in [3.8, 4) is 0 Å². The van der Waals surface area contributed by atoms with Crippen LogP contribution in [0.15, 0.2) is 0 Å². The van der Waals surface area contributed by atoms with E-state index in [2.05, 4.69) is 17.6 Å². The number of nitrogens with one attached hydrogen (secondary N) is 2. The number of rotatable bonds is 0. The molecule has 2 heterocycles. The number of hydrogen-bond acceptors (Lipinski definition) is 2. The fourth-order valence-electron chi connectivity index (χ4n) is 2.19. The summed E-state index contributed by atoms with van der Waals surface area (Å²) in [5.74, 6) is 1.90. The highest BCUT2D eigenvalue weighted by Crippen LogP contribution is 2.24. The molecule has 0 amide bonds. The Labute approximate surface area is 62.4 Å². The van der Waals surface area contributed by atoms with Crippen LogP contribution in [0, 0.1) is 11.8 Å². The molecule has 0 radical (unpaired) electrons. The summed E-state index contributed by atoms with van der Waals surface area (Å²) in [6.07, 6.45) is 1.37. The maximum atomic E-state index is 3.51. The summed E-state index contributed by atoms with van der Waals surface area (Å²) in [7, 11) is 0. The minimum Gasteiger partial charge on any atom is -0.316 e. The predicted molar refractivity (Wildman–Crippen MR) is 41.9 cm³/mol. The molecule has 0 bridgehead atoms. The van der Waals surface area contributed by atoms with E-state index >= 15 is 0 Å². The molecule has 58 valence electrons. The Kier molecular flexibility index (Phi) is 1.66. The second-order valence-electron chi connectivity index (χ2n) is 3.72. The molecule has 2 aliphatic heterocycles. The van der Waals surface area contributed by atoms with Gasteiger partial charge in [-0.1, -0.05) is 0 Å². The summed E-state index contributed by atoms with van der Waals surface area (Å²) in [6, 6.07) is 0.751. The molecule has 2 nitrogen and oxygen atoms in total. The lowest BCUT2D eigenvalue weighted by atomic mass is 9.86. The molecule has 0 aromatic heterocycles. The summed E-state index contributed by atoms with van der Waals surface area (Å²) in [4.78, 5) is 0. The van der Waals surface area contributed by atoms with Gasteiger partial charge in [-0.25, -0.2) is 0 Å². The third-order valence-electron chi connectivity index (χ3n) is 2.86. The van der Waals surface area contributed by atoms with Gasteiger partial charge in [0.1, 0.15) is 0 Å². The average molecular weight is 140 g/mol. The Morgan fingerprint density at radius 1 is 1.10 bits per heavy atom. The van der Waals surface area contributed by atoms with Crippen LogP contribution in [-0.2, 0) is 0 Å². The van der Waals surface area contributed by atoms with E-state index in [1.807, 2.05) is 0 Å². The van der Waals surface area contributed by atoms with Crippen molar-refractivity contribution in [2.24, 2.45) is 11.8 Å². The zero-order valence-corrected chi connectivity index (χ0v) is 6.56. The van der Waals surface area contributed by atoms with Crippen LogP contribution >= 0.6 is 0 Å². The van der Waals surface area contributed by atoms with E-state index in [4.69, 9.17) is 0 Å². The van der Waals surface area contributed by atoms with E-state index in [9.17, 15) is 0 Å². The molecule has 2 rings (SSSR count). The van der Waals surface area contributed by atoms with Gasteiger partial charge in [0.15, 0.2) is 0 Å². The molecule has 0 saturated carbocycles. The molecule has 2 aliphatic rings. The number of hydrogen-bond donors (Lipinski definition) is 2. The van der Waals surface area contributed by atoms with Gasteiger partial charge in [-0.3, -0.25) is 0 Å². The predicted octanol–water partition coefficient (Wildman–Crippen LogP) is 0.204. The zero-order chi connectivity index (χ0) is 6.97. The van der Waals surface area contributed by atoms with E-state index < -0.39 is 0 Å². The van der Waals surface area contributed by atoms with E-state index in [1.54, 1.807) is 0 Å². The Morgan fingerprint density at radius 3 is 2.80 bits per heavy atom. The van der Waals surface area contributed by atoms with Crippen molar-refractivity contribution in [2.45, 2.75) is 19.4 Å². The van der Waals surface area contributed by atoms with Crippen molar-refractivity contribution >= 4 is 0 Å². The highest BCUT2D eigenvalue weighted by molar-refractivity contribution is 4.89. The van der Waals surface area contributed by atoms with Crippen molar-refractivity contribution in [1.82, 2.24) is 10.6 Å². The summed E-state index contributed by atoms with van der Waals surface area (Å²) < 4.78 is 0. The summed E-state index contributed by atoms with van der Waals surface area (Å²) in [5.41, 5.74) is 0. The van der Waals surface area contributed by atoms with Gasteiger partial charge < -0.3 is 10.6 Å². The van der Waals surface area contributed by atoms with Crippen LogP contribution in [0.25, 0.3) is 0 Å². The summed E-state index contributed by atoms with van der Waals surface area (Å²) in [5, 5.41) is 6.96. The Hall–Kier alpha value is -0.0800. The zero-order valence-electron chi connectivity index (χ0n) is 6.56. The maximum Gasteiger partial charge on any atom is 0.00420 e. The van der Waals surface area contributed by atoms with Crippen molar-refractivity contribution in [3.05, 3.63) is 0 Å². The average Bonchev–Trinajstić information content (AvgIpc) is 2.33. The minimum atomic E-state index is 0.751.